The number of esters is 1. The van der Waals surface area contributed by atoms with Crippen LogP contribution in [0.1, 0.15) is 62.1 Å². The first-order valence-corrected chi connectivity index (χ1v) is 12.5. The highest BCUT2D eigenvalue weighted by molar-refractivity contribution is 6.13. The molecule has 35 heavy (non-hydrogen) atoms. The van der Waals surface area contributed by atoms with Crippen molar-refractivity contribution in [1.82, 2.24) is 0 Å². The van der Waals surface area contributed by atoms with Gasteiger partial charge in [0.15, 0.2) is 5.70 Å². The second kappa shape index (κ2) is 12.2. The molecule has 0 N–H and O–H groups in total. The SMILES string of the molecule is CCCCCCCCc1ccc(-c2ccc(C3=NC(=Cc4ccc(OC)cc4)C(=O)O3)cc2)cc1. The van der Waals surface area contributed by atoms with Gasteiger partial charge in [-0.3, -0.25) is 0 Å². The van der Waals surface area contributed by atoms with E-state index in [9.17, 15) is 4.79 Å². The van der Waals surface area contributed by atoms with Gasteiger partial charge in [0.05, 0.1) is 7.11 Å². The van der Waals surface area contributed by atoms with E-state index < -0.39 is 5.97 Å². The summed E-state index contributed by atoms with van der Waals surface area (Å²) in [4.78, 5) is 16.7. The number of carbonyl (C=O) groups is 1. The normalized spacial score (nSPS) is 14.2. The van der Waals surface area contributed by atoms with Gasteiger partial charge in [0.25, 0.3) is 0 Å². The Bertz CT molecular complexity index is 1170. The molecule has 0 bridgehead atoms. The Kier molecular flexibility index (Phi) is 8.50. The number of rotatable bonds is 11. The Morgan fingerprint density at radius 2 is 1.37 bits per heavy atom. The van der Waals surface area contributed by atoms with Crippen molar-refractivity contribution in [3.8, 4) is 16.9 Å². The average Bonchev–Trinajstić information content (AvgIpc) is 3.27. The first-order valence-electron chi connectivity index (χ1n) is 12.5. The molecule has 0 atom stereocenters. The van der Waals surface area contributed by atoms with Gasteiger partial charge in [-0.05, 0) is 65.4 Å². The monoisotopic (exact) mass is 467 g/mol. The van der Waals surface area contributed by atoms with Crippen molar-refractivity contribution in [2.75, 3.05) is 7.11 Å². The highest BCUT2D eigenvalue weighted by atomic mass is 16.6. The Labute approximate surface area is 208 Å². The third-order valence-corrected chi connectivity index (χ3v) is 6.28. The van der Waals surface area contributed by atoms with Crippen LogP contribution in [-0.2, 0) is 16.0 Å². The van der Waals surface area contributed by atoms with Crippen LogP contribution in [0.2, 0.25) is 0 Å². The third kappa shape index (κ3) is 6.69. The van der Waals surface area contributed by atoms with E-state index in [1.54, 1.807) is 13.2 Å². The first kappa shape index (κ1) is 24.5. The van der Waals surface area contributed by atoms with Crippen molar-refractivity contribution in [2.45, 2.75) is 51.9 Å². The Morgan fingerprint density at radius 1 is 0.771 bits per heavy atom. The lowest BCUT2D eigenvalue weighted by Crippen LogP contribution is -2.05. The summed E-state index contributed by atoms with van der Waals surface area (Å²) in [5.74, 6) is 0.648. The fourth-order valence-electron chi connectivity index (χ4n) is 4.17. The zero-order chi connectivity index (χ0) is 24.5. The van der Waals surface area contributed by atoms with E-state index in [0.717, 1.165) is 28.9 Å². The van der Waals surface area contributed by atoms with Crippen LogP contribution in [0.25, 0.3) is 17.2 Å². The highest BCUT2D eigenvalue weighted by Gasteiger charge is 2.24. The smallest absolute Gasteiger partial charge is 0.363 e. The van der Waals surface area contributed by atoms with Crippen molar-refractivity contribution in [3.05, 3.63) is 95.2 Å². The summed E-state index contributed by atoms with van der Waals surface area (Å²) in [6.45, 7) is 2.26. The summed E-state index contributed by atoms with van der Waals surface area (Å²) in [6, 6.07) is 24.2. The van der Waals surface area contributed by atoms with Crippen molar-refractivity contribution < 1.29 is 14.3 Å². The fourth-order valence-corrected chi connectivity index (χ4v) is 4.17. The molecule has 0 saturated carbocycles. The predicted octanol–water partition coefficient (Wildman–Crippen LogP) is 7.61. The third-order valence-electron chi connectivity index (χ3n) is 6.28. The molecule has 3 aromatic carbocycles. The number of hydrogen-bond acceptors (Lipinski definition) is 4. The summed E-state index contributed by atoms with van der Waals surface area (Å²) in [5, 5.41) is 0. The molecular weight excluding hydrogens is 434 g/mol. The lowest BCUT2D eigenvalue weighted by Gasteiger charge is -2.06. The second-order valence-electron chi connectivity index (χ2n) is 8.90. The molecule has 0 unspecified atom stereocenters. The highest BCUT2D eigenvalue weighted by Crippen LogP contribution is 2.24. The quantitative estimate of drug-likeness (QED) is 0.166. The molecule has 4 nitrogen and oxygen atoms in total. The van der Waals surface area contributed by atoms with Gasteiger partial charge in [-0.1, -0.05) is 87.6 Å². The molecular formula is C31H33NO3. The molecule has 0 aliphatic carbocycles. The molecule has 0 radical (unpaired) electrons. The molecule has 3 aromatic rings. The van der Waals surface area contributed by atoms with Gasteiger partial charge in [0.1, 0.15) is 5.75 Å². The number of hydrogen-bond donors (Lipinski definition) is 0. The standard InChI is InChI=1S/C31H33NO3/c1-3-4-5-6-7-8-9-23-10-14-25(15-11-23)26-16-18-27(19-17-26)30-32-29(31(33)35-30)22-24-12-20-28(34-2)21-13-24/h10-22H,3-9H2,1-2H3. The van der Waals surface area contributed by atoms with E-state index in [-0.39, 0.29) is 5.70 Å². The molecule has 4 rings (SSSR count). The van der Waals surface area contributed by atoms with Gasteiger partial charge in [-0.2, -0.15) is 0 Å². The van der Waals surface area contributed by atoms with Gasteiger partial charge < -0.3 is 9.47 Å². The Hall–Kier alpha value is -3.66. The van der Waals surface area contributed by atoms with Crippen LogP contribution in [0.4, 0.5) is 0 Å². The molecule has 1 aliphatic heterocycles. The molecule has 0 saturated heterocycles. The van der Waals surface area contributed by atoms with Crippen molar-refractivity contribution in [1.29, 1.82) is 0 Å². The number of unbranched alkanes of at least 4 members (excludes halogenated alkanes) is 5. The number of aliphatic imine (C=N–C) groups is 1. The molecule has 180 valence electrons. The molecule has 4 heteroatoms. The lowest BCUT2D eigenvalue weighted by molar-refractivity contribution is -0.129. The van der Waals surface area contributed by atoms with Crippen molar-refractivity contribution in [3.63, 3.8) is 0 Å². The van der Waals surface area contributed by atoms with E-state index >= 15 is 0 Å². The van der Waals surface area contributed by atoms with Crippen LogP contribution in [0.15, 0.2) is 83.5 Å². The molecule has 1 heterocycles. The number of aryl methyl sites for hydroxylation is 1. The lowest BCUT2D eigenvalue weighted by atomic mass is 10.00. The number of ether oxygens (including phenoxy) is 2. The maximum Gasteiger partial charge on any atom is 0.363 e. The number of cyclic esters (lactones) is 1. The molecule has 0 aromatic heterocycles. The van der Waals surface area contributed by atoms with Crippen LogP contribution in [0, 0.1) is 0 Å². The number of carbonyl (C=O) groups excluding carboxylic acids is 1. The Morgan fingerprint density at radius 3 is 2.03 bits per heavy atom. The van der Waals surface area contributed by atoms with Crippen LogP contribution in [-0.4, -0.2) is 19.0 Å². The van der Waals surface area contributed by atoms with Crippen molar-refractivity contribution in [2.24, 2.45) is 4.99 Å². The maximum absolute atomic E-state index is 12.3. The minimum atomic E-state index is -0.444. The number of benzene rings is 3. The molecule has 0 fully saturated rings. The topological polar surface area (TPSA) is 47.9 Å². The summed E-state index contributed by atoms with van der Waals surface area (Å²) < 4.78 is 10.6. The van der Waals surface area contributed by atoms with E-state index in [1.807, 2.05) is 48.5 Å². The second-order valence-corrected chi connectivity index (χ2v) is 8.90. The van der Waals surface area contributed by atoms with Gasteiger partial charge in [0, 0.05) is 5.56 Å². The zero-order valence-corrected chi connectivity index (χ0v) is 20.6. The van der Waals surface area contributed by atoms with E-state index in [0.29, 0.717) is 5.90 Å². The summed E-state index contributed by atoms with van der Waals surface area (Å²) in [7, 11) is 1.62. The summed E-state index contributed by atoms with van der Waals surface area (Å²) >= 11 is 0. The summed E-state index contributed by atoms with van der Waals surface area (Å²) in [5.41, 5.74) is 5.62. The predicted molar refractivity (Wildman–Crippen MR) is 143 cm³/mol. The zero-order valence-electron chi connectivity index (χ0n) is 20.6. The van der Waals surface area contributed by atoms with Gasteiger partial charge in [0.2, 0.25) is 5.90 Å². The van der Waals surface area contributed by atoms with Crippen LogP contribution in [0.5, 0.6) is 5.75 Å². The van der Waals surface area contributed by atoms with Gasteiger partial charge in [-0.15, -0.1) is 0 Å². The van der Waals surface area contributed by atoms with Gasteiger partial charge >= 0.3 is 5.97 Å². The minimum Gasteiger partial charge on any atom is -0.497 e. The number of nitrogens with zero attached hydrogens (tertiary/aromatic N) is 1. The molecule has 1 aliphatic rings. The van der Waals surface area contributed by atoms with Crippen LogP contribution < -0.4 is 4.74 Å². The van der Waals surface area contributed by atoms with Crippen LogP contribution >= 0.6 is 0 Å². The Balaban J connectivity index is 1.37. The van der Waals surface area contributed by atoms with Gasteiger partial charge in [-0.25, -0.2) is 9.79 Å². The fraction of sp³-hybridized carbons (Fsp3) is 0.290. The van der Waals surface area contributed by atoms with E-state index in [1.165, 1.54) is 49.7 Å². The minimum absolute atomic E-state index is 0.287. The first-order chi connectivity index (χ1) is 17.2. The number of methoxy groups -OCH3 is 1. The maximum atomic E-state index is 12.3. The largest absolute Gasteiger partial charge is 0.497 e. The average molecular weight is 468 g/mol. The molecule has 0 amide bonds. The van der Waals surface area contributed by atoms with E-state index in [2.05, 4.69) is 36.2 Å². The summed E-state index contributed by atoms with van der Waals surface area (Å²) in [6.07, 6.45) is 10.8. The van der Waals surface area contributed by atoms with Crippen LogP contribution in [0.3, 0.4) is 0 Å². The van der Waals surface area contributed by atoms with Crippen molar-refractivity contribution >= 4 is 17.9 Å². The van der Waals surface area contributed by atoms with E-state index in [4.69, 9.17) is 9.47 Å². The molecule has 0 spiro atoms.